The summed E-state index contributed by atoms with van der Waals surface area (Å²) in [6.07, 6.45) is 1.73. The summed E-state index contributed by atoms with van der Waals surface area (Å²) in [4.78, 5) is 13.8. The number of nitrogen functional groups attached to an aromatic ring is 1. The third-order valence-electron chi connectivity index (χ3n) is 3.55. The molecule has 2 N–H and O–H groups in total. The lowest BCUT2D eigenvalue weighted by Crippen LogP contribution is -2.30. The molecule has 0 aliphatic heterocycles. The van der Waals surface area contributed by atoms with Gasteiger partial charge in [-0.15, -0.1) is 0 Å². The zero-order valence-electron chi connectivity index (χ0n) is 10.5. The van der Waals surface area contributed by atoms with Crippen molar-refractivity contribution in [2.45, 2.75) is 19.8 Å². The van der Waals surface area contributed by atoms with Crippen molar-refractivity contribution in [1.29, 1.82) is 0 Å². The number of rotatable bonds is 4. The molecular formula is C14H20N2O. The number of anilines is 1. The molecule has 0 spiro atoms. The summed E-state index contributed by atoms with van der Waals surface area (Å²) in [6, 6.07) is 7.51. The van der Waals surface area contributed by atoms with Gasteiger partial charge in [0.1, 0.15) is 0 Å². The summed E-state index contributed by atoms with van der Waals surface area (Å²) < 4.78 is 0. The van der Waals surface area contributed by atoms with Crippen LogP contribution in [0.4, 0.5) is 5.69 Å². The molecule has 2 unspecified atom stereocenters. The second-order valence-corrected chi connectivity index (χ2v) is 5.17. The van der Waals surface area contributed by atoms with Gasteiger partial charge in [-0.25, -0.2) is 0 Å². The highest BCUT2D eigenvalue weighted by molar-refractivity contribution is 5.78. The Morgan fingerprint density at radius 1 is 1.41 bits per heavy atom. The van der Waals surface area contributed by atoms with Crippen molar-refractivity contribution in [3.05, 3.63) is 29.8 Å². The smallest absolute Gasteiger partial charge is 0.226 e. The number of nitrogens with two attached hydrogens (primary N) is 1. The third kappa shape index (κ3) is 3.22. The molecule has 1 amide bonds. The Kier molecular flexibility index (Phi) is 3.36. The molecule has 0 saturated heterocycles. The molecule has 0 bridgehead atoms. The first-order valence-corrected chi connectivity index (χ1v) is 6.14. The second kappa shape index (κ2) is 4.78. The number of carbonyl (C=O) groups excluding carboxylic acids is 1. The Balaban J connectivity index is 1.85. The SMILES string of the molecule is CC1CC1CN(C)C(=O)Cc1ccc(N)cc1. The van der Waals surface area contributed by atoms with Crippen LogP contribution in [0.25, 0.3) is 0 Å². The molecule has 1 saturated carbocycles. The van der Waals surface area contributed by atoms with E-state index in [1.807, 2.05) is 36.2 Å². The van der Waals surface area contributed by atoms with Gasteiger partial charge in [0.2, 0.25) is 5.91 Å². The minimum atomic E-state index is 0.189. The highest BCUT2D eigenvalue weighted by atomic mass is 16.2. The molecule has 1 aromatic rings. The Bertz CT molecular complexity index is 399. The summed E-state index contributed by atoms with van der Waals surface area (Å²) in [5.74, 6) is 1.70. The zero-order chi connectivity index (χ0) is 12.4. The molecule has 2 rings (SSSR count). The van der Waals surface area contributed by atoms with E-state index in [1.54, 1.807) is 0 Å². The van der Waals surface area contributed by atoms with Gasteiger partial charge < -0.3 is 10.6 Å². The van der Waals surface area contributed by atoms with E-state index < -0.39 is 0 Å². The standard InChI is InChI=1S/C14H20N2O/c1-10-7-12(10)9-16(2)14(17)8-11-3-5-13(15)6-4-11/h3-6,10,12H,7-9,15H2,1-2H3. The van der Waals surface area contributed by atoms with Crippen LogP contribution >= 0.6 is 0 Å². The van der Waals surface area contributed by atoms with E-state index in [1.165, 1.54) is 6.42 Å². The maximum Gasteiger partial charge on any atom is 0.226 e. The van der Waals surface area contributed by atoms with Crippen molar-refractivity contribution in [1.82, 2.24) is 4.90 Å². The minimum absolute atomic E-state index is 0.189. The fourth-order valence-electron chi connectivity index (χ4n) is 2.05. The van der Waals surface area contributed by atoms with E-state index in [-0.39, 0.29) is 5.91 Å². The Labute approximate surface area is 103 Å². The second-order valence-electron chi connectivity index (χ2n) is 5.17. The van der Waals surface area contributed by atoms with E-state index in [4.69, 9.17) is 5.73 Å². The van der Waals surface area contributed by atoms with Gasteiger partial charge >= 0.3 is 0 Å². The van der Waals surface area contributed by atoms with E-state index >= 15 is 0 Å². The molecule has 0 heterocycles. The summed E-state index contributed by atoms with van der Waals surface area (Å²) in [5, 5.41) is 0. The van der Waals surface area contributed by atoms with Crippen LogP contribution in [0.15, 0.2) is 24.3 Å². The molecule has 1 aromatic carbocycles. The molecule has 1 aliphatic carbocycles. The van der Waals surface area contributed by atoms with Crippen molar-refractivity contribution < 1.29 is 4.79 Å². The molecule has 3 heteroatoms. The van der Waals surface area contributed by atoms with Crippen molar-refractivity contribution >= 4 is 11.6 Å². The van der Waals surface area contributed by atoms with Crippen LogP contribution in [-0.2, 0) is 11.2 Å². The normalized spacial score (nSPS) is 22.2. The predicted octanol–water partition coefficient (Wildman–Crippen LogP) is 1.93. The van der Waals surface area contributed by atoms with Crippen LogP contribution in [-0.4, -0.2) is 24.4 Å². The summed E-state index contributed by atoms with van der Waals surface area (Å²) in [7, 11) is 1.89. The van der Waals surface area contributed by atoms with Crippen LogP contribution < -0.4 is 5.73 Å². The summed E-state index contributed by atoms with van der Waals surface area (Å²) in [6.45, 7) is 3.14. The van der Waals surface area contributed by atoms with Gasteiger partial charge in [-0.05, 0) is 36.0 Å². The number of benzene rings is 1. The van der Waals surface area contributed by atoms with Gasteiger partial charge in [-0.1, -0.05) is 19.1 Å². The van der Waals surface area contributed by atoms with Crippen molar-refractivity contribution in [2.24, 2.45) is 11.8 Å². The maximum atomic E-state index is 12.0. The molecule has 0 aromatic heterocycles. The lowest BCUT2D eigenvalue weighted by molar-refractivity contribution is -0.129. The largest absolute Gasteiger partial charge is 0.399 e. The molecule has 0 radical (unpaired) electrons. The Morgan fingerprint density at radius 3 is 2.53 bits per heavy atom. The zero-order valence-corrected chi connectivity index (χ0v) is 10.5. The van der Waals surface area contributed by atoms with Gasteiger partial charge in [0.25, 0.3) is 0 Å². The number of likely N-dealkylation sites (N-methyl/N-ethyl adjacent to an activating group) is 1. The third-order valence-corrected chi connectivity index (χ3v) is 3.55. The van der Waals surface area contributed by atoms with Gasteiger partial charge in [-0.3, -0.25) is 4.79 Å². The summed E-state index contributed by atoms with van der Waals surface area (Å²) in [5.41, 5.74) is 7.38. The molecule has 92 valence electrons. The molecule has 1 fully saturated rings. The maximum absolute atomic E-state index is 12.0. The van der Waals surface area contributed by atoms with Crippen LogP contribution in [0.3, 0.4) is 0 Å². The summed E-state index contributed by atoms with van der Waals surface area (Å²) >= 11 is 0. The van der Waals surface area contributed by atoms with Gasteiger partial charge in [-0.2, -0.15) is 0 Å². The van der Waals surface area contributed by atoms with E-state index in [2.05, 4.69) is 6.92 Å². The Morgan fingerprint density at radius 2 is 2.00 bits per heavy atom. The molecular weight excluding hydrogens is 212 g/mol. The average Bonchev–Trinajstić information content (AvgIpc) is 2.97. The molecule has 3 nitrogen and oxygen atoms in total. The van der Waals surface area contributed by atoms with Crippen molar-refractivity contribution in [3.63, 3.8) is 0 Å². The predicted molar refractivity (Wildman–Crippen MR) is 69.5 cm³/mol. The van der Waals surface area contributed by atoms with Crippen molar-refractivity contribution in [2.75, 3.05) is 19.3 Å². The number of amides is 1. The lowest BCUT2D eigenvalue weighted by Gasteiger charge is -2.17. The van der Waals surface area contributed by atoms with Crippen LogP contribution in [0, 0.1) is 11.8 Å². The van der Waals surface area contributed by atoms with Crippen molar-refractivity contribution in [3.8, 4) is 0 Å². The van der Waals surface area contributed by atoms with Crippen LogP contribution in [0.1, 0.15) is 18.9 Å². The first-order chi connectivity index (χ1) is 8.06. The molecule has 2 atom stereocenters. The lowest BCUT2D eigenvalue weighted by atomic mass is 10.1. The number of hydrogen-bond acceptors (Lipinski definition) is 2. The van der Waals surface area contributed by atoms with Gasteiger partial charge in [0.05, 0.1) is 6.42 Å². The highest BCUT2D eigenvalue weighted by Gasteiger charge is 2.34. The van der Waals surface area contributed by atoms with E-state index in [0.717, 1.165) is 29.6 Å². The average molecular weight is 232 g/mol. The first-order valence-electron chi connectivity index (χ1n) is 6.14. The number of nitrogens with zero attached hydrogens (tertiary/aromatic N) is 1. The van der Waals surface area contributed by atoms with Gasteiger partial charge in [0.15, 0.2) is 0 Å². The first kappa shape index (κ1) is 12.0. The highest BCUT2D eigenvalue weighted by Crippen LogP contribution is 2.37. The topological polar surface area (TPSA) is 46.3 Å². The van der Waals surface area contributed by atoms with E-state index in [9.17, 15) is 4.79 Å². The minimum Gasteiger partial charge on any atom is -0.399 e. The van der Waals surface area contributed by atoms with Crippen LogP contribution in [0.5, 0.6) is 0 Å². The van der Waals surface area contributed by atoms with Crippen LogP contribution in [0.2, 0.25) is 0 Å². The quantitative estimate of drug-likeness (QED) is 0.806. The van der Waals surface area contributed by atoms with Gasteiger partial charge in [0, 0.05) is 19.3 Å². The number of carbonyl (C=O) groups is 1. The number of hydrogen-bond donors (Lipinski definition) is 1. The monoisotopic (exact) mass is 232 g/mol. The molecule has 17 heavy (non-hydrogen) atoms. The Hall–Kier alpha value is -1.51. The fraction of sp³-hybridized carbons (Fsp3) is 0.500. The van der Waals surface area contributed by atoms with E-state index in [0.29, 0.717) is 6.42 Å². The molecule has 1 aliphatic rings. The fourth-order valence-corrected chi connectivity index (χ4v) is 2.05.